The summed E-state index contributed by atoms with van der Waals surface area (Å²) in [4.78, 5) is 45.1. The van der Waals surface area contributed by atoms with Gasteiger partial charge in [-0.2, -0.15) is 0 Å². The standard InChI is InChI=1S/C24H29N5O3S/c1-15-16(2)33-23-21(15)24(32)29(14-26-23)11-9-20(30)27-19-7-5-17(6-8-19)12-28-10-3-4-18(13-28)22(25)31/h5-8,14,18H,3-4,9-13H2,1-2H3,(H2,25,31)(H,27,30). The highest BCUT2D eigenvalue weighted by Crippen LogP contribution is 2.25. The van der Waals surface area contributed by atoms with Gasteiger partial charge in [-0.1, -0.05) is 12.1 Å². The van der Waals surface area contributed by atoms with Crippen molar-refractivity contribution in [1.29, 1.82) is 0 Å². The van der Waals surface area contributed by atoms with Gasteiger partial charge in [0.05, 0.1) is 17.6 Å². The third-order valence-electron chi connectivity index (χ3n) is 6.29. The Kier molecular flexibility index (Phi) is 6.90. The predicted octanol–water partition coefficient (Wildman–Crippen LogP) is 2.80. The molecule has 1 aromatic carbocycles. The van der Waals surface area contributed by atoms with Crippen molar-refractivity contribution in [1.82, 2.24) is 14.5 Å². The molecule has 33 heavy (non-hydrogen) atoms. The van der Waals surface area contributed by atoms with Crippen molar-refractivity contribution in [2.75, 3.05) is 18.4 Å². The molecule has 1 aliphatic rings. The molecule has 0 spiro atoms. The number of carbonyl (C=O) groups excluding carboxylic acids is 2. The molecule has 0 radical (unpaired) electrons. The van der Waals surface area contributed by atoms with Crippen molar-refractivity contribution in [3.63, 3.8) is 0 Å². The fraction of sp³-hybridized carbons (Fsp3) is 0.417. The van der Waals surface area contributed by atoms with Gasteiger partial charge >= 0.3 is 0 Å². The number of anilines is 1. The summed E-state index contributed by atoms with van der Waals surface area (Å²) in [6, 6.07) is 7.71. The summed E-state index contributed by atoms with van der Waals surface area (Å²) in [6.07, 6.45) is 3.53. The van der Waals surface area contributed by atoms with Crippen LogP contribution in [0, 0.1) is 19.8 Å². The molecule has 9 heteroatoms. The Hall–Kier alpha value is -3.04. The number of nitrogens with one attached hydrogen (secondary N) is 1. The number of carbonyl (C=O) groups is 2. The van der Waals surface area contributed by atoms with Gasteiger partial charge in [0, 0.05) is 36.6 Å². The predicted molar refractivity (Wildman–Crippen MR) is 130 cm³/mol. The number of nitrogens with two attached hydrogens (primary N) is 1. The Morgan fingerprint density at radius 1 is 1.24 bits per heavy atom. The number of amides is 2. The minimum Gasteiger partial charge on any atom is -0.369 e. The lowest BCUT2D eigenvalue weighted by molar-refractivity contribution is -0.123. The number of hydrogen-bond donors (Lipinski definition) is 2. The van der Waals surface area contributed by atoms with Crippen LogP contribution in [0.15, 0.2) is 35.4 Å². The van der Waals surface area contributed by atoms with Gasteiger partial charge in [0.1, 0.15) is 4.83 Å². The summed E-state index contributed by atoms with van der Waals surface area (Å²) in [6.45, 7) is 6.58. The van der Waals surface area contributed by atoms with Crippen LogP contribution in [-0.4, -0.2) is 39.4 Å². The van der Waals surface area contributed by atoms with E-state index in [1.54, 1.807) is 0 Å². The fourth-order valence-corrected chi connectivity index (χ4v) is 5.25. The number of fused-ring (bicyclic) bond motifs is 1. The zero-order valence-electron chi connectivity index (χ0n) is 19.0. The number of thiophene rings is 1. The van der Waals surface area contributed by atoms with E-state index < -0.39 is 0 Å². The van der Waals surface area contributed by atoms with E-state index in [-0.39, 0.29) is 36.3 Å². The lowest BCUT2D eigenvalue weighted by atomic mass is 9.97. The highest BCUT2D eigenvalue weighted by molar-refractivity contribution is 7.18. The zero-order chi connectivity index (χ0) is 23.5. The molecule has 1 atom stereocenters. The first-order valence-corrected chi connectivity index (χ1v) is 12.0. The average Bonchev–Trinajstić information content (AvgIpc) is 3.09. The number of rotatable bonds is 7. The van der Waals surface area contributed by atoms with Crippen molar-refractivity contribution < 1.29 is 9.59 Å². The molecular weight excluding hydrogens is 438 g/mol. The quantitative estimate of drug-likeness (QED) is 0.555. The highest BCUT2D eigenvalue weighted by atomic mass is 32.1. The van der Waals surface area contributed by atoms with Crippen molar-refractivity contribution in [2.45, 2.75) is 46.2 Å². The Morgan fingerprint density at radius 3 is 2.73 bits per heavy atom. The number of aromatic nitrogens is 2. The van der Waals surface area contributed by atoms with Gasteiger partial charge in [-0.05, 0) is 56.5 Å². The summed E-state index contributed by atoms with van der Waals surface area (Å²) >= 11 is 1.51. The molecule has 1 fully saturated rings. The second kappa shape index (κ2) is 9.84. The van der Waals surface area contributed by atoms with Gasteiger partial charge < -0.3 is 11.1 Å². The first-order valence-electron chi connectivity index (χ1n) is 11.2. The average molecular weight is 468 g/mol. The summed E-state index contributed by atoms with van der Waals surface area (Å²) in [7, 11) is 0. The van der Waals surface area contributed by atoms with Crippen LogP contribution in [0.2, 0.25) is 0 Å². The lowest BCUT2D eigenvalue weighted by Crippen LogP contribution is -2.40. The molecule has 3 N–H and O–H groups in total. The molecule has 4 rings (SSSR count). The van der Waals surface area contributed by atoms with Crippen LogP contribution in [-0.2, 0) is 22.7 Å². The fourth-order valence-electron chi connectivity index (χ4n) is 4.26. The molecule has 2 aromatic heterocycles. The SMILES string of the molecule is Cc1sc2ncn(CCC(=O)Nc3ccc(CN4CCCC(C(N)=O)C4)cc3)c(=O)c2c1C. The van der Waals surface area contributed by atoms with E-state index in [2.05, 4.69) is 15.2 Å². The van der Waals surface area contributed by atoms with Crippen molar-refractivity contribution in [2.24, 2.45) is 11.7 Å². The largest absolute Gasteiger partial charge is 0.369 e. The maximum atomic E-state index is 12.8. The molecule has 174 valence electrons. The third kappa shape index (κ3) is 5.31. The van der Waals surface area contributed by atoms with E-state index >= 15 is 0 Å². The normalized spacial score (nSPS) is 16.7. The van der Waals surface area contributed by atoms with Crippen LogP contribution in [0.5, 0.6) is 0 Å². The Morgan fingerprint density at radius 2 is 2.00 bits per heavy atom. The van der Waals surface area contributed by atoms with Crippen LogP contribution in [0.25, 0.3) is 10.2 Å². The van der Waals surface area contributed by atoms with E-state index in [1.165, 1.54) is 22.2 Å². The Bertz CT molecular complexity index is 1230. The molecule has 0 aliphatic carbocycles. The van der Waals surface area contributed by atoms with Crippen molar-refractivity contribution in [3.05, 3.63) is 57.0 Å². The topological polar surface area (TPSA) is 110 Å². The molecule has 0 bridgehead atoms. The first kappa shape index (κ1) is 23.1. The molecule has 2 amide bonds. The van der Waals surface area contributed by atoms with Crippen molar-refractivity contribution >= 4 is 39.1 Å². The summed E-state index contributed by atoms with van der Waals surface area (Å²) in [5, 5.41) is 3.53. The van der Waals surface area contributed by atoms with Gasteiger partial charge in [0.25, 0.3) is 5.56 Å². The number of primary amides is 1. The Balaban J connectivity index is 1.31. The van der Waals surface area contributed by atoms with Crippen LogP contribution >= 0.6 is 11.3 Å². The number of likely N-dealkylation sites (tertiary alicyclic amines) is 1. The highest BCUT2D eigenvalue weighted by Gasteiger charge is 2.23. The molecule has 1 aliphatic heterocycles. The monoisotopic (exact) mass is 467 g/mol. The zero-order valence-corrected chi connectivity index (χ0v) is 19.8. The van der Waals surface area contributed by atoms with Crippen LogP contribution < -0.4 is 16.6 Å². The number of aryl methyl sites for hydroxylation is 3. The molecular formula is C24H29N5O3S. The van der Waals surface area contributed by atoms with E-state index in [0.717, 1.165) is 46.8 Å². The second-order valence-electron chi connectivity index (χ2n) is 8.68. The van der Waals surface area contributed by atoms with Crippen molar-refractivity contribution in [3.8, 4) is 0 Å². The third-order valence-corrected chi connectivity index (χ3v) is 7.40. The van der Waals surface area contributed by atoms with Gasteiger partial charge in [-0.15, -0.1) is 11.3 Å². The minimum absolute atomic E-state index is 0.0756. The van der Waals surface area contributed by atoms with Gasteiger partial charge in [0.15, 0.2) is 0 Å². The number of nitrogens with zero attached hydrogens (tertiary/aromatic N) is 3. The van der Waals surface area contributed by atoms with E-state index in [0.29, 0.717) is 17.6 Å². The van der Waals surface area contributed by atoms with Gasteiger partial charge in [0.2, 0.25) is 11.8 Å². The summed E-state index contributed by atoms with van der Waals surface area (Å²) in [5.74, 6) is -0.460. The number of benzene rings is 1. The molecule has 8 nitrogen and oxygen atoms in total. The second-order valence-corrected chi connectivity index (χ2v) is 9.88. The van der Waals surface area contributed by atoms with Crippen LogP contribution in [0.4, 0.5) is 5.69 Å². The molecule has 3 heterocycles. The van der Waals surface area contributed by atoms with Gasteiger partial charge in [-0.25, -0.2) is 4.98 Å². The first-order chi connectivity index (χ1) is 15.8. The van der Waals surface area contributed by atoms with Crippen LogP contribution in [0.3, 0.4) is 0 Å². The van der Waals surface area contributed by atoms with E-state index in [1.807, 2.05) is 38.1 Å². The number of hydrogen-bond acceptors (Lipinski definition) is 6. The molecule has 1 unspecified atom stereocenters. The maximum absolute atomic E-state index is 12.8. The lowest BCUT2D eigenvalue weighted by Gasteiger charge is -2.31. The smallest absolute Gasteiger partial charge is 0.262 e. The van der Waals surface area contributed by atoms with E-state index in [9.17, 15) is 14.4 Å². The summed E-state index contributed by atoms with van der Waals surface area (Å²) < 4.78 is 1.50. The summed E-state index contributed by atoms with van der Waals surface area (Å²) in [5.41, 5.74) is 8.15. The van der Waals surface area contributed by atoms with Gasteiger partial charge in [-0.3, -0.25) is 23.9 Å². The van der Waals surface area contributed by atoms with E-state index in [4.69, 9.17) is 5.73 Å². The Labute approximate surface area is 196 Å². The molecule has 0 saturated carbocycles. The maximum Gasteiger partial charge on any atom is 0.262 e. The molecule has 3 aromatic rings. The molecule has 1 saturated heterocycles. The minimum atomic E-state index is -0.226. The number of piperidine rings is 1. The van der Waals surface area contributed by atoms with Crippen LogP contribution in [0.1, 0.15) is 35.3 Å².